The fourth-order valence-electron chi connectivity index (χ4n) is 7.29. The molecule has 8 heteroatoms. The number of nitrogens with zero attached hydrogens (tertiary/aromatic N) is 2. The molecule has 0 amide bonds. The van der Waals surface area contributed by atoms with Gasteiger partial charge in [0.05, 0.1) is 11.2 Å². The van der Waals surface area contributed by atoms with E-state index in [1.54, 1.807) is 0 Å². The zero-order chi connectivity index (χ0) is 33.8. The van der Waals surface area contributed by atoms with E-state index in [0.29, 0.717) is 12.8 Å². The number of rotatable bonds is 13. The topological polar surface area (TPSA) is 77.5 Å². The van der Waals surface area contributed by atoms with Crippen molar-refractivity contribution < 1.29 is 28.7 Å². The van der Waals surface area contributed by atoms with Gasteiger partial charge in [0.25, 0.3) is 0 Å². The minimum absolute atomic E-state index is 0.100. The maximum atomic E-state index is 12.6. The maximum Gasteiger partial charge on any atom is 0.306 e. The number of carbonyl (C=O) groups is 2. The molecular formula is C36H68N2O6. The van der Waals surface area contributed by atoms with Crippen LogP contribution in [0.15, 0.2) is 0 Å². The molecule has 0 atom stereocenters. The van der Waals surface area contributed by atoms with Crippen LogP contribution in [-0.4, -0.2) is 67.6 Å². The van der Waals surface area contributed by atoms with Crippen molar-refractivity contribution >= 4 is 11.9 Å². The lowest BCUT2D eigenvalue weighted by atomic mass is 9.80. The van der Waals surface area contributed by atoms with Crippen LogP contribution in [0, 0.1) is 0 Å². The van der Waals surface area contributed by atoms with Gasteiger partial charge in [-0.1, -0.05) is 25.7 Å². The Balaban J connectivity index is 1.63. The Labute approximate surface area is 270 Å². The Bertz CT molecular complexity index is 831. The van der Waals surface area contributed by atoms with Gasteiger partial charge in [0.15, 0.2) is 0 Å². The monoisotopic (exact) mass is 625 g/mol. The number of ether oxygens (including phenoxy) is 2. The van der Waals surface area contributed by atoms with Crippen molar-refractivity contribution in [3.05, 3.63) is 0 Å². The number of piperidine rings is 2. The lowest BCUT2D eigenvalue weighted by Crippen LogP contribution is -2.63. The van der Waals surface area contributed by atoms with Gasteiger partial charge in [-0.2, -0.15) is 10.1 Å². The molecule has 2 heterocycles. The van der Waals surface area contributed by atoms with Crippen LogP contribution in [0.25, 0.3) is 0 Å². The van der Waals surface area contributed by atoms with Crippen LogP contribution in [-0.2, 0) is 28.7 Å². The summed E-state index contributed by atoms with van der Waals surface area (Å²) in [5.41, 5.74) is -1.51. The molecule has 0 radical (unpaired) electrons. The highest BCUT2D eigenvalue weighted by Gasteiger charge is 2.50. The molecule has 0 aromatic carbocycles. The molecule has 0 bridgehead atoms. The van der Waals surface area contributed by atoms with Crippen molar-refractivity contribution in [1.29, 1.82) is 0 Å². The van der Waals surface area contributed by atoms with E-state index in [9.17, 15) is 9.59 Å². The van der Waals surface area contributed by atoms with Crippen molar-refractivity contribution in [3.8, 4) is 0 Å². The highest BCUT2D eigenvalue weighted by Crippen LogP contribution is 2.42. The second-order valence-corrected chi connectivity index (χ2v) is 17.9. The zero-order valence-electron chi connectivity index (χ0n) is 31.0. The molecule has 0 spiro atoms. The van der Waals surface area contributed by atoms with Crippen LogP contribution in [0.4, 0.5) is 0 Å². The first-order valence-corrected chi connectivity index (χ1v) is 17.2. The third-order valence-corrected chi connectivity index (χ3v) is 8.45. The molecule has 2 fully saturated rings. The highest BCUT2D eigenvalue weighted by molar-refractivity contribution is 5.69. The first kappa shape index (κ1) is 39.0. The number of esters is 2. The second-order valence-electron chi connectivity index (χ2n) is 17.9. The molecule has 0 aromatic heterocycles. The summed E-state index contributed by atoms with van der Waals surface area (Å²) in [7, 11) is 0. The molecule has 2 rings (SSSR count). The number of hydrogen-bond donors (Lipinski definition) is 0. The Kier molecular flexibility index (Phi) is 13.0. The van der Waals surface area contributed by atoms with Crippen LogP contribution in [0.5, 0.6) is 0 Å². The maximum absolute atomic E-state index is 12.6. The first-order chi connectivity index (χ1) is 19.8. The van der Waals surface area contributed by atoms with Gasteiger partial charge in [0.1, 0.15) is 12.2 Å². The number of hydrogen-bond acceptors (Lipinski definition) is 8. The average molecular weight is 625 g/mol. The van der Waals surface area contributed by atoms with E-state index in [4.69, 9.17) is 19.1 Å². The van der Waals surface area contributed by atoms with Crippen LogP contribution in [0.1, 0.15) is 174 Å². The minimum Gasteiger partial charge on any atom is -0.462 e. The van der Waals surface area contributed by atoms with Crippen LogP contribution in [0.3, 0.4) is 0 Å². The summed E-state index contributed by atoms with van der Waals surface area (Å²) in [5.74, 6) is -0.201. The molecule has 2 aliphatic rings. The first-order valence-electron chi connectivity index (χ1n) is 17.2. The Morgan fingerprint density at radius 1 is 0.523 bits per heavy atom. The predicted molar refractivity (Wildman–Crippen MR) is 177 cm³/mol. The van der Waals surface area contributed by atoms with E-state index in [2.05, 4.69) is 107 Å². The molecule has 2 aliphatic heterocycles. The lowest BCUT2D eigenvalue weighted by Gasteiger charge is -2.55. The molecule has 8 nitrogen and oxygen atoms in total. The van der Waals surface area contributed by atoms with Crippen LogP contribution >= 0.6 is 0 Å². The van der Waals surface area contributed by atoms with Crippen molar-refractivity contribution in [2.24, 2.45) is 0 Å². The van der Waals surface area contributed by atoms with Gasteiger partial charge in [-0.25, -0.2) is 0 Å². The minimum atomic E-state index is -0.282. The van der Waals surface area contributed by atoms with Gasteiger partial charge in [-0.15, -0.1) is 0 Å². The van der Waals surface area contributed by atoms with Crippen molar-refractivity contribution in [2.75, 3.05) is 0 Å². The molecule has 44 heavy (non-hydrogen) atoms. The van der Waals surface area contributed by atoms with E-state index in [0.717, 1.165) is 64.2 Å². The number of unbranched alkanes of at least 4 members (excludes halogenated alkanes) is 5. The molecule has 258 valence electrons. The molecule has 0 saturated carbocycles. The highest BCUT2D eigenvalue weighted by atomic mass is 16.7. The summed E-state index contributed by atoms with van der Waals surface area (Å²) in [6.45, 7) is 29.7. The van der Waals surface area contributed by atoms with E-state index in [1.165, 1.54) is 0 Å². The standard InChI is InChI=1S/C36H68N2O6/c1-31(2,3)43-37-33(7,8)23-27(24-34(37,9)10)41-29(39)21-19-17-15-16-18-20-22-30(40)42-28-25-35(11,12)38(36(13,14)26-28)44-32(4,5)6/h27-28H,15-26H2,1-14H3. The zero-order valence-corrected chi connectivity index (χ0v) is 31.0. The lowest BCUT2D eigenvalue weighted by molar-refractivity contribution is -0.333. The van der Waals surface area contributed by atoms with E-state index in [-0.39, 0.29) is 57.5 Å². The number of hydroxylamine groups is 4. The summed E-state index contributed by atoms with van der Waals surface area (Å²) >= 11 is 0. The SMILES string of the molecule is CC(C)(C)ON1C(C)(C)CC(OC(=O)CCCCCCCCC(=O)OC2CC(C)(C)N(OC(C)(C)C)C(C)(C)C2)CC1(C)C. The molecule has 0 aromatic rings. The predicted octanol–water partition coefficient (Wildman–Crippen LogP) is 8.70. The van der Waals surface area contributed by atoms with Gasteiger partial charge < -0.3 is 9.47 Å². The van der Waals surface area contributed by atoms with E-state index < -0.39 is 0 Å². The van der Waals surface area contributed by atoms with Gasteiger partial charge in [0, 0.05) is 60.7 Å². The van der Waals surface area contributed by atoms with Crippen LogP contribution < -0.4 is 0 Å². The summed E-state index contributed by atoms with van der Waals surface area (Å²) in [5, 5.41) is 4.22. The smallest absolute Gasteiger partial charge is 0.306 e. The molecule has 0 unspecified atom stereocenters. The van der Waals surface area contributed by atoms with E-state index >= 15 is 0 Å². The average Bonchev–Trinajstić information content (AvgIpc) is 2.78. The van der Waals surface area contributed by atoms with Crippen LogP contribution in [0.2, 0.25) is 0 Å². The van der Waals surface area contributed by atoms with Gasteiger partial charge in [-0.3, -0.25) is 19.3 Å². The number of carbonyl (C=O) groups excluding carboxylic acids is 2. The van der Waals surface area contributed by atoms with Gasteiger partial charge >= 0.3 is 11.9 Å². The molecular weight excluding hydrogens is 556 g/mol. The summed E-state index contributed by atoms with van der Waals surface area (Å²) in [6.07, 6.45) is 9.48. The third-order valence-electron chi connectivity index (χ3n) is 8.45. The largest absolute Gasteiger partial charge is 0.462 e. The normalized spacial score (nSPS) is 23.0. The molecule has 2 saturated heterocycles. The molecule has 0 aliphatic carbocycles. The quantitative estimate of drug-likeness (QED) is 0.149. The second kappa shape index (κ2) is 14.7. The van der Waals surface area contributed by atoms with Crippen molar-refractivity contribution in [2.45, 2.75) is 220 Å². The third kappa shape index (κ3) is 12.5. The Morgan fingerprint density at radius 2 is 0.773 bits per heavy atom. The Hall–Kier alpha value is -1.22. The van der Waals surface area contributed by atoms with Gasteiger partial charge in [-0.05, 0) is 110 Å². The fourth-order valence-corrected chi connectivity index (χ4v) is 7.29. The summed E-state index contributed by atoms with van der Waals surface area (Å²) in [6, 6.07) is 0. The Morgan fingerprint density at radius 3 is 1.02 bits per heavy atom. The van der Waals surface area contributed by atoms with Crippen molar-refractivity contribution in [1.82, 2.24) is 10.1 Å². The molecule has 0 N–H and O–H groups in total. The summed E-state index contributed by atoms with van der Waals surface area (Å²) in [4.78, 5) is 37.9. The van der Waals surface area contributed by atoms with Gasteiger partial charge in [0.2, 0.25) is 0 Å². The van der Waals surface area contributed by atoms with Crippen molar-refractivity contribution in [3.63, 3.8) is 0 Å². The summed E-state index contributed by atoms with van der Waals surface area (Å²) < 4.78 is 11.9. The van der Waals surface area contributed by atoms with E-state index in [1.807, 2.05) is 0 Å². The fraction of sp³-hybridized carbons (Fsp3) is 0.944.